The molecule has 0 aliphatic rings. The monoisotopic (exact) mass is 374 g/mol. The van der Waals surface area contributed by atoms with Gasteiger partial charge >= 0.3 is 0 Å². The van der Waals surface area contributed by atoms with E-state index in [-0.39, 0.29) is 11.9 Å². The molecule has 0 heterocycles. The molecule has 2 aromatic rings. The Morgan fingerprint density at radius 3 is 2.43 bits per heavy atom. The number of nitrogens with one attached hydrogen (secondary N) is 1. The van der Waals surface area contributed by atoms with Crippen LogP contribution in [0.2, 0.25) is 0 Å². The van der Waals surface area contributed by atoms with Crippen molar-refractivity contribution in [2.75, 3.05) is 12.4 Å². The van der Waals surface area contributed by atoms with Crippen LogP contribution in [0.3, 0.4) is 0 Å². The molecule has 2 aromatic carbocycles. The predicted octanol–water partition coefficient (Wildman–Crippen LogP) is 4.52. The molecule has 0 aliphatic carbocycles. The molecular weight excluding hydrogens is 352 g/mol. The Morgan fingerprint density at radius 2 is 1.83 bits per heavy atom. The van der Waals surface area contributed by atoms with Crippen LogP contribution >= 0.6 is 15.9 Å². The second kappa shape index (κ2) is 7.75. The lowest BCUT2D eigenvalue weighted by Crippen LogP contribution is -2.39. The van der Waals surface area contributed by atoms with Gasteiger partial charge in [-0.05, 0) is 57.1 Å². The maximum absolute atomic E-state index is 12.5. The van der Waals surface area contributed by atoms with Crippen LogP contribution in [0.4, 0.5) is 5.69 Å². The molecule has 0 saturated carbocycles. The molecule has 4 heteroatoms. The van der Waals surface area contributed by atoms with Crippen LogP contribution in [0.1, 0.15) is 23.6 Å². The number of amides is 1. The summed E-state index contributed by atoms with van der Waals surface area (Å²) in [5, 5.41) is 3.02. The fraction of sp³-hybridized carbons (Fsp3) is 0.316. The fourth-order valence-corrected chi connectivity index (χ4v) is 2.67. The van der Waals surface area contributed by atoms with Gasteiger partial charge in [0.15, 0.2) is 0 Å². The highest BCUT2D eigenvalue weighted by Crippen LogP contribution is 2.17. The number of likely N-dealkylation sites (N-methyl/N-ethyl adjacent to an activating group) is 1. The second-order valence-electron chi connectivity index (χ2n) is 6.03. The number of hydrogen-bond donors (Lipinski definition) is 1. The van der Waals surface area contributed by atoms with Crippen molar-refractivity contribution in [3.63, 3.8) is 0 Å². The summed E-state index contributed by atoms with van der Waals surface area (Å²) in [5.41, 5.74) is 4.34. The van der Waals surface area contributed by atoms with Gasteiger partial charge in [-0.1, -0.05) is 45.8 Å². The highest BCUT2D eigenvalue weighted by atomic mass is 79.9. The molecule has 0 aromatic heterocycles. The van der Waals surface area contributed by atoms with Crippen molar-refractivity contribution in [2.24, 2.45) is 0 Å². The second-order valence-corrected chi connectivity index (χ2v) is 6.94. The number of aryl methyl sites for hydroxylation is 2. The van der Waals surface area contributed by atoms with Crippen molar-refractivity contribution in [3.05, 3.63) is 63.6 Å². The molecule has 1 amide bonds. The summed E-state index contributed by atoms with van der Waals surface area (Å²) >= 11 is 3.43. The zero-order valence-corrected chi connectivity index (χ0v) is 15.6. The molecule has 3 nitrogen and oxygen atoms in total. The van der Waals surface area contributed by atoms with Gasteiger partial charge in [-0.15, -0.1) is 0 Å². The van der Waals surface area contributed by atoms with Gasteiger partial charge in [-0.25, -0.2) is 0 Å². The average molecular weight is 375 g/mol. The number of rotatable bonds is 5. The summed E-state index contributed by atoms with van der Waals surface area (Å²) in [4.78, 5) is 14.5. The highest BCUT2D eigenvalue weighted by molar-refractivity contribution is 9.10. The zero-order chi connectivity index (χ0) is 17.0. The van der Waals surface area contributed by atoms with E-state index in [4.69, 9.17) is 0 Å². The Morgan fingerprint density at radius 1 is 1.17 bits per heavy atom. The summed E-state index contributed by atoms with van der Waals surface area (Å²) in [5.74, 6) is 0.0107. The quantitative estimate of drug-likeness (QED) is 0.833. The first-order valence-electron chi connectivity index (χ1n) is 7.69. The van der Waals surface area contributed by atoms with Crippen LogP contribution in [0.5, 0.6) is 0 Å². The van der Waals surface area contributed by atoms with Crippen molar-refractivity contribution in [2.45, 2.75) is 33.4 Å². The van der Waals surface area contributed by atoms with E-state index in [2.05, 4.69) is 39.4 Å². The first-order valence-corrected chi connectivity index (χ1v) is 8.49. The number of carbonyl (C=O) groups excluding carboxylic acids is 1. The molecule has 0 saturated heterocycles. The Labute approximate surface area is 146 Å². The van der Waals surface area contributed by atoms with Crippen molar-refractivity contribution in [1.82, 2.24) is 4.90 Å². The maximum atomic E-state index is 12.5. The van der Waals surface area contributed by atoms with Crippen LogP contribution < -0.4 is 5.32 Å². The normalized spacial score (nSPS) is 12.3. The molecule has 23 heavy (non-hydrogen) atoms. The smallest absolute Gasteiger partial charge is 0.241 e. The van der Waals surface area contributed by atoms with Crippen LogP contribution in [0.15, 0.2) is 46.9 Å². The van der Waals surface area contributed by atoms with E-state index >= 15 is 0 Å². The molecule has 1 N–H and O–H groups in total. The van der Waals surface area contributed by atoms with E-state index in [0.717, 1.165) is 22.3 Å². The standard InChI is InChI=1S/C19H23BrN2O/c1-13-5-10-18(14(2)11-13)21-19(23)15(3)22(4)12-16-6-8-17(20)9-7-16/h5-11,15H,12H2,1-4H3,(H,21,23). The molecule has 122 valence electrons. The van der Waals surface area contributed by atoms with Gasteiger partial charge in [-0.3, -0.25) is 9.69 Å². The minimum absolute atomic E-state index is 0.0107. The Bertz CT molecular complexity index is 682. The number of hydrogen-bond acceptors (Lipinski definition) is 2. The maximum Gasteiger partial charge on any atom is 0.241 e. The number of carbonyl (C=O) groups is 1. The predicted molar refractivity (Wildman–Crippen MR) is 99.6 cm³/mol. The summed E-state index contributed by atoms with van der Waals surface area (Å²) < 4.78 is 1.06. The van der Waals surface area contributed by atoms with Gasteiger partial charge in [0.1, 0.15) is 0 Å². The molecule has 0 aliphatic heterocycles. The van der Waals surface area contributed by atoms with Crippen molar-refractivity contribution in [3.8, 4) is 0 Å². The first kappa shape index (κ1) is 17.7. The molecule has 0 radical (unpaired) electrons. The lowest BCUT2D eigenvalue weighted by Gasteiger charge is -2.24. The van der Waals surface area contributed by atoms with Gasteiger partial charge in [-0.2, -0.15) is 0 Å². The van der Waals surface area contributed by atoms with Crippen LogP contribution in [-0.2, 0) is 11.3 Å². The number of anilines is 1. The first-order chi connectivity index (χ1) is 10.9. The van der Waals surface area contributed by atoms with Crippen molar-refractivity contribution in [1.29, 1.82) is 0 Å². The SMILES string of the molecule is Cc1ccc(NC(=O)C(C)N(C)Cc2ccc(Br)cc2)c(C)c1. The number of halogens is 1. The van der Waals surface area contributed by atoms with E-state index in [1.165, 1.54) is 11.1 Å². The molecule has 2 rings (SSSR count). The van der Waals surface area contributed by atoms with Gasteiger partial charge in [0.05, 0.1) is 6.04 Å². The largest absolute Gasteiger partial charge is 0.324 e. The van der Waals surface area contributed by atoms with Gasteiger partial charge in [0.25, 0.3) is 0 Å². The molecule has 0 bridgehead atoms. The van der Waals surface area contributed by atoms with Crippen LogP contribution in [0.25, 0.3) is 0 Å². The minimum Gasteiger partial charge on any atom is -0.324 e. The summed E-state index contributed by atoms with van der Waals surface area (Å²) in [7, 11) is 1.97. The van der Waals surface area contributed by atoms with E-state index < -0.39 is 0 Å². The van der Waals surface area contributed by atoms with E-state index in [0.29, 0.717) is 0 Å². The third-order valence-corrected chi connectivity index (χ3v) is 4.55. The molecule has 0 spiro atoms. The minimum atomic E-state index is -0.209. The highest BCUT2D eigenvalue weighted by Gasteiger charge is 2.18. The van der Waals surface area contributed by atoms with Crippen LogP contribution in [-0.4, -0.2) is 23.9 Å². The Balaban J connectivity index is 1.99. The van der Waals surface area contributed by atoms with Gasteiger partial charge in [0, 0.05) is 16.7 Å². The molecular formula is C19H23BrN2O. The molecule has 1 atom stereocenters. The van der Waals surface area contributed by atoms with E-state index in [1.54, 1.807) is 0 Å². The zero-order valence-electron chi connectivity index (χ0n) is 14.1. The van der Waals surface area contributed by atoms with Gasteiger partial charge < -0.3 is 5.32 Å². The lowest BCUT2D eigenvalue weighted by molar-refractivity contribution is -0.120. The Kier molecular flexibility index (Phi) is 5.97. The number of nitrogens with zero attached hydrogens (tertiary/aromatic N) is 1. The summed E-state index contributed by atoms with van der Waals surface area (Å²) in [6.45, 7) is 6.72. The average Bonchev–Trinajstić information content (AvgIpc) is 2.51. The van der Waals surface area contributed by atoms with Crippen molar-refractivity contribution >= 4 is 27.5 Å². The Hall–Kier alpha value is -1.65. The van der Waals surface area contributed by atoms with Gasteiger partial charge in [0.2, 0.25) is 5.91 Å². The molecule has 0 fully saturated rings. The third-order valence-electron chi connectivity index (χ3n) is 4.03. The van der Waals surface area contributed by atoms with E-state index in [9.17, 15) is 4.79 Å². The van der Waals surface area contributed by atoms with Crippen LogP contribution in [0, 0.1) is 13.8 Å². The van der Waals surface area contributed by atoms with Crippen molar-refractivity contribution < 1.29 is 4.79 Å². The summed E-state index contributed by atoms with van der Waals surface area (Å²) in [6.07, 6.45) is 0. The fourth-order valence-electron chi connectivity index (χ4n) is 2.41. The topological polar surface area (TPSA) is 32.3 Å². The number of benzene rings is 2. The summed E-state index contributed by atoms with van der Waals surface area (Å²) in [6, 6.07) is 14.0. The third kappa shape index (κ3) is 4.91. The van der Waals surface area contributed by atoms with E-state index in [1.807, 2.05) is 57.0 Å². The lowest BCUT2D eigenvalue weighted by atomic mass is 10.1. The molecule has 1 unspecified atom stereocenters.